The van der Waals surface area contributed by atoms with E-state index in [4.69, 9.17) is 0 Å². The summed E-state index contributed by atoms with van der Waals surface area (Å²) in [7, 11) is 0. The third-order valence-electron chi connectivity index (χ3n) is 4.89. The lowest BCUT2D eigenvalue weighted by Crippen LogP contribution is -2.35. The lowest BCUT2D eigenvalue weighted by atomic mass is 9.98. The number of halogens is 1. The molecule has 5 nitrogen and oxygen atoms in total. The van der Waals surface area contributed by atoms with Gasteiger partial charge in [0.05, 0.1) is 0 Å². The third kappa shape index (κ3) is 8.57. The molecule has 0 aromatic carbocycles. The van der Waals surface area contributed by atoms with Gasteiger partial charge in [0.1, 0.15) is 17.5 Å². The van der Waals surface area contributed by atoms with E-state index in [0.29, 0.717) is 5.82 Å². The van der Waals surface area contributed by atoms with Crippen LogP contribution in [-0.2, 0) is 4.79 Å². The summed E-state index contributed by atoms with van der Waals surface area (Å²) in [5.41, 5.74) is 0.0721. The van der Waals surface area contributed by atoms with Gasteiger partial charge in [-0.05, 0) is 25.0 Å². The van der Waals surface area contributed by atoms with Crippen molar-refractivity contribution in [1.82, 2.24) is 10.3 Å². The number of aromatic nitrogens is 1. The molecule has 1 aromatic rings. The molecule has 0 unspecified atom stereocenters. The van der Waals surface area contributed by atoms with Crippen molar-refractivity contribution in [3.05, 3.63) is 34.6 Å². The summed E-state index contributed by atoms with van der Waals surface area (Å²) in [4.78, 5) is 16.7. The van der Waals surface area contributed by atoms with E-state index in [-0.39, 0.29) is 17.5 Å². The number of nitrogens with one attached hydrogen (secondary N) is 2. The fraction of sp³-hybridized carbons (Fsp3) is 0.571. The standard InChI is InChI=1S/C21H29BrN4O/c22-18-12-13-24-20(14-18)25-16-17(15-23)21(27)26-19-10-8-6-4-2-1-3-5-7-9-11-19/h12-14,16,19H,1-11H2,(H,24,25)(H,26,27)/b17-16-. The maximum atomic E-state index is 12.5. The SMILES string of the molecule is N#C/C(=C/Nc1cc(Br)ccn1)C(=O)NC1CCCCCCCCCCC1. The first kappa shape index (κ1) is 21.4. The number of nitrogens with zero attached hydrogens (tertiary/aromatic N) is 2. The van der Waals surface area contributed by atoms with E-state index in [9.17, 15) is 10.1 Å². The van der Waals surface area contributed by atoms with Gasteiger partial charge in [0.15, 0.2) is 0 Å². The van der Waals surface area contributed by atoms with Gasteiger partial charge in [-0.1, -0.05) is 73.7 Å². The Bertz CT molecular complexity index is 656. The zero-order valence-electron chi connectivity index (χ0n) is 15.8. The van der Waals surface area contributed by atoms with Crippen LogP contribution in [0.4, 0.5) is 5.82 Å². The fourth-order valence-corrected chi connectivity index (χ4v) is 3.68. The fourth-order valence-electron chi connectivity index (χ4n) is 3.35. The van der Waals surface area contributed by atoms with Gasteiger partial charge in [0.2, 0.25) is 0 Å². The number of nitriles is 1. The van der Waals surface area contributed by atoms with E-state index in [2.05, 4.69) is 31.5 Å². The number of hydrogen-bond donors (Lipinski definition) is 2. The van der Waals surface area contributed by atoms with Crippen molar-refractivity contribution in [1.29, 1.82) is 5.26 Å². The van der Waals surface area contributed by atoms with E-state index < -0.39 is 0 Å². The molecule has 0 aliphatic heterocycles. The molecule has 1 fully saturated rings. The second-order valence-corrected chi connectivity index (χ2v) is 8.02. The van der Waals surface area contributed by atoms with E-state index in [1.165, 1.54) is 51.1 Å². The third-order valence-corrected chi connectivity index (χ3v) is 5.39. The van der Waals surface area contributed by atoms with E-state index in [0.717, 1.165) is 30.2 Å². The Balaban J connectivity index is 1.91. The summed E-state index contributed by atoms with van der Waals surface area (Å²) < 4.78 is 0.879. The molecule has 1 saturated carbocycles. The molecule has 1 heterocycles. The van der Waals surface area contributed by atoms with Gasteiger partial charge in [0, 0.05) is 22.9 Å². The second-order valence-electron chi connectivity index (χ2n) is 7.10. The van der Waals surface area contributed by atoms with E-state index >= 15 is 0 Å². The van der Waals surface area contributed by atoms with Gasteiger partial charge < -0.3 is 10.6 Å². The predicted octanol–water partition coefficient (Wildman–Crippen LogP) is 5.45. The van der Waals surface area contributed by atoms with Crippen molar-refractivity contribution in [3.63, 3.8) is 0 Å². The smallest absolute Gasteiger partial charge is 0.263 e. The second kappa shape index (κ2) is 12.5. The van der Waals surface area contributed by atoms with Gasteiger partial charge in [-0.3, -0.25) is 4.79 Å². The van der Waals surface area contributed by atoms with Crippen LogP contribution in [0.1, 0.15) is 70.6 Å². The number of anilines is 1. The van der Waals surface area contributed by atoms with Crippen LogP contribution in [0, 0.1) is 11.3 Å². The molecule has 6 heteroatoms. The van der Waals surface area contributed by atoms with Crippen molar-refractivity contribution in [2.75, 3.05) is 5.32 Å². The van der Waals surface area contributed by atoms with Crippen molar-refractivity contribution >= 4 is 27.7 Å². The monoisotopic (exact) mass is 432 g/mol. The number of carbonyl (C=O) groups excluding carboxylic acids is 1. The normalized spacial score (nSPS) is 17.9. The summed E-state index contributed by atoms with van der Waals surface area (Å²) in [6, 6.07) is 5.75. The number of carbonyl (C=O) groups is 1. The lowest BCUT2D eigenvalue weighted by molar-refractivity contribution is -0.117. The van der Waals surface area contributed by atoms with Crippen LogP contribution < -0.4 is 10.6 Å². The molecule has 1 aliphatic rings. The first-order valence-corrected chi connectivity index (χ1v) is 10.8. The quantitative estimate of drug-likeness (QED) is 0.489. The number of amides is 1. The van der Waals surface area contributed by atoms with Gasteiger partial charge in [0.25, 0.3) is 5.91 Å². The van der Waals surface area contributed by atoms with Gasteiger partial charge in [-0.2, -0.15) is 5.26 Å². The molecule has 0 saturated heterocycles. The molecular weight excluding hydrogens is 404 g/mol. The molecule has 1 aromatic heterocycles. The van der Waals surface area contributed by atoms with Gasteiger partial charge in [-0.15, -0.1) is 0 Å². The van der Waals surface area contributed by atoms with Crippen molar-refractivity contribution < 1.29 is 4.79 Å². The Morgan fingerprint density at radius 2 is 1.70 bits per heavy atom. The number of hydrogen-bond acceptors (Lipinski definition) is 4. The summed E-state index contributed by atoms with van der Waals surface area (Å²) in [6.07, 6.45) is 16.4. The number of rotatable bonds is 4. The molecule has 0 spiro atoms. The molecule has 27 heavy (non-hydrogen) atoms. The average Bonchev–Trinajstić information content (AvgIpc) is 2.64. The van der Waals surface area contributed by atoms with Crippen molar-refractivity contribution in [2.24, 2.45) is 0 Å². The molecule has 2 rings (SSSR count). The molecule has 1 aliphatic carbocycles. The van der Waals surface area contributed by atoms with E-state index in [1.54, 1.807) is 12.3 Å². The minimum absolute atomic E-state index is 0.0721. The number of pyridine rings is 1. The maximum absolute atomic E-state index is 12.5. The molecule has 0 bridgehead atoms. The largest absolute Gasteiger partial charge is 0.349 e. The summed E-state index contributed by atoms with van der Waals surface area (Å²) in [5.74, 6) is 0.271. The first-order chi connectivity index (χ1) is 13.2. The summed E-state index contributed by atoms with van der Waals surface area (Å²) >= 11 is 3.37. The Kier molecular flexibility index (Phi) is 9.93. The van der Waals surface area contributed by atoms with Crippen molar-refractivity contribution in [3.8, 4) is 6.07 Å². The highest BCUT2D eigenvalue weighted by Gasteiger charge is 2.16. The minimum Gasteiger partial charge on any atom is -0.349 e. The van der Waals surface area contributed by atoms with Crippen LogP contribution in [0.25, 0.3) is 0 Å². The average molecular weight is 433 g/mol. The molecule has 0 atom stereocenters. The lowest BCUT2D eigenvalue weighted by Gasteiger charge is -2.19. The summed E-state index contributed by atoms with van der Waals surface area (Å²) in [5, 5.41) is 15.4. The zero-order chi connectivity index (χ0) is 19.3. The zero-order valence-corrected chi connectivity index (χ0v) is 17.4. The van der Waals surface area contributed by atoms with Gasteiger partial charge in [-0.25, -0.2) is 4.98 Å². The van der Waals surface area contributed by atoms with Crippen molar-refractivity contribution in [2.45, 2.75) is 76.7 Å². The molecular formula is C21H29BrN4O. The first-order valence-electron chi connectivity index (χ1n) is 9.98. The van der Waals surface area contributed by atoms with E-state index in [1.807, 2.05) is 12.1 Å². The minimum atomic E-state index is -0.308. The Hall–Kier alpha value is -1.87. The predicted molar refractivity (Wildman–Crippen MR) is 112 cm³/mol. The molecule has 0 radical (unpaired) electrons. The van der Waals surface area contributed by atoms with Crippen LogP contribution in [0.3, 0.4) is 0 Å². The summed E-state index contributed by atoms with van der Waals surface area (Å²) in [6.45, 7) is 0. The topological polar surface area (TPSA) is 77.8 Å². The Labute approximate surface area is 170 Å². The highest BCUT2D eigenvalue weighted by Crippen LogP contribution is 2.17. The highest BCUT2D eigenvalue weighted by molar-refractivity contribution is 9.10. The maximum Gasteiger partial charge on any atom is 0.263 e. The van der Waals surface area contributed by atoms with Crippen LogP contribution in [-0.4, -0.2) is 16.9 Å². The molecule has 2 N–H and O–H groups in total. The highest BCUT2D eigenvalue weighted by atomic mass is 79.9. The van der Waals surface area contributed by atoms with Crippen LogP contribution in [0.5, 0.6) is 0 Å². The molecule has 1 amide bonds. The molecule has 146 valence electrons. The van der Waals surface area contributed by atoms with Crippen LogP contribution >= 0.6 is 15.9 Å². The van der Waals surface area contributed by atoms with Gasteiger partial charge >= 0.3 is 0 Å². The van der Waals surface area contributed by atoms with Crippen LogP contribution in [0.15, 0.2) is 34.6 Å². The Morgan fingerprint density at radius 3 is 2.26 bits per heavy atom. The Morgan fingerprint density at radius 1 is 1.11 bits per heavy atom. The van der Waals surface area contributed by atoms with Crippen LogP contribution in [0.2, 0.25) is 0 Å².